The molecule has 0 bridgehead atoms. The predicted octanol–water partition coefficient (Wildman–Crippen LogP) is 3.85. The van der Waals surface area contributed by atoms with Crippen LogP contribution in [0.4, 0.5) is 5.69 Å². The molecule has 1 saturated heterocycles. The summed E-state index contributed by atoms with van der Waals surface area (Å²) in [6.45, 7) is 5.38. The molecule has 1 N–H and O–H groups in total. The van der Waals surface area contributed by atoms with Gasteiger partial charge in [0.2, 0.25) is 0 Å². The highest BCUT2D eigenvalue weighted by atomic mass is 16.1. The monoisotopic (exact) mass is 403 g/mol. The number of hydrogen-bond donors (Lipinski definition) is 1. The lowest BCUT2D eigenvalue weighted by atomic mass is 9.75. The van der Waals surface area contributed by atoms with Crippen molar-refractivity contribution in [3.63, 3.8) is 0 Å². The number of likely N-dealkylation sites (tertiary alicyclic amines) is 1. The molecule has 1 atom stereocenters. The zero-order chi connectivity index (χ0) is 20.6. The topological polar surface area (TPSA) is 35.6 Å². The molecule has 2 heterocycles. The van der Waals surface area contributed by atoms with E-state index in [0.29, 0.717) is 6.54 Å². The first-order valence-corrected chi connectivity index (χ1v) is 11.5. The van der Waals surface area contributed by atoms with Crippen molar-refractivity contribution in [3.8, 4) is 0 Å². The molecule has 3 aliphatic rings. The van der Waals surface area contributed by atoms with Crippen LogP contribution in [0.25, 0.3) is 0 Å². The molecular formula is C26H33N3O. The van der Waals surface area contributed by atoms with E-state index in [1.54, 1.807) is 0 Å². The van der Waals surface area contributed by atoms with Gasteiger partial charge in [0.15, 0.2) is 0 Å². The number of piperidine rings is 1. The fourth-order valence-electron chi connectivity index (χ4n) is 5.52. The second kappa shape index (κ2) is 8.07. The van der Waals surface area contributed by atoms with E-state index in [1.807, 2.05) is 24.3 Å². The molecule has 4 nitrogen and oxygen atoms in total. The number of nitrogens with one attached hydrogen (secondary N) is 1. The number of fused-ring (bicyclic) bond motifs is 2. The first-order chi connectivity index (χ1) is 14.6. The summed E-state index contributed by atoms with van der Waals surface area (Å²) in [7, 11) is 2.20. The van der Waals surface area contributed by atoms with Crippen LogP contribution in [-0.4, -0.2) is 50.6 Å². The maximum Gasteiger partial charge on any atom is 0.251 e. The fourth-order valence-corrected chi connectivity index (χ4v) is 5.52. The number of nitrogens with zero attached hydrogens (tertiary/aromatic N) is 2. The molecule has 2 aromatic carbocycles. The minimum absolute atomic E-state index is 0.0454. The molecule has 1 unspecified atom stereocenters. The molecule has 158 valence electrons. The first-order valence-electron chi connectivity index (χ1n) is 11.5. The molecule has 4 heteroatoms. The van der Waals surface area contributed by atoms with Gasteiger partial charge in [0.25, 0.3) is 5.91 Å². The third-order valence-electron chi connectivity index (χ3n) is 7.19. The van der Waals surface area contributed by atoms with Gasteiger partial charge in [-0.05, 0) is 73.9 Å². The number of rotatable bonds is 6. The van der Waals surface area contributed by atoms with Crippen molar-refractivity contribution in [2.75, 3.05) is 44.7 Å². The Bertz CT molecular complexity index is 908. The van der Waals surface area contributed by atoms with E-state index >= 15 is 0 Å². The quantitative estimate of drug-likeness (QED) is 0.796. The lowest BCUT2D eigenvalue weighted by Crippen LogP contribution is -2.48. The highest BCUT2D eigenvalue weighted by molar-refractivity contribution is 5.95. The minimum atomic E-state index is 0.0454. The summed E-state index contributed by atoms with van der Waals surface area (Å²) >= 11 is 0. The maximum atomic E-state index is 12.9. The largest absolute Gasteiger partial charge is 0.373 e. The van der Waals surface area contributed by atoms with Crippen LogP contribution >= 0.6 is 0 Å². The average Bonchev–Trinajstić information content (AvgIpc) is 3.54. The average molecular weight is 404 g/mol. The predicted molar refractivity (Wildman–Crippen MR) is 122 cm³/mol. The van der Waals surface area contributed by atoms with Gasteiger partial charge in [-0.25, -0.2) is 0 Å². The number of amides is 1. The molecule has 2 aromatic rings. The van der Waals surface area contributed by atoms with Gasteiger partial charge in [0, 0.05) is 49.9 Å². The Morgan fingerprint density at radius 3 is 2.77 bits per heavy atom. The Kier molecular flexibility index (Phi) is 5.28. The van der Waals surface area contributed by atoms with Crippen molar-refractivity contribution in [2.24, 2.45) is 5.92 Å². The molecule has 1 spiro atoms. The normalized spacial score (nSPS) is 23.6. The Morgan fingerprint density at radius 1 is 1.13 bits per heavy atom. The van der Waals surface area contributed by atoms with Crippen molar-refractivity contribution >= 4 is 11.6 Å². The molecule has 5 rings (SSSR count). The molecule has 30 heavy (non-hydrogen) atoms. The van der Waals surface area contributed by atoms with Crippen molar-refractivity contribution in [1.82, 2.24) is 10.2 Å². The van der Waals surface area contributed by atoms with E-state index in [2.05, 4.69) is 46.4 Å². The van der Waals surface area contributed by atoms with E-state index in [1.165, 1.54) is 55.6 Å². The summed E-state index contributed by atoms with van der Waals surface area (Å²) in [5, 5.41) is 3.12. The van der Waals surface area contributed by atoms with Crippen molar-refractivity contribution < 1.29 is 4.79 Å². The lowest BCUT2D eigenvalue weighted by molar-refractivity contribution is 0.0954. The lowest BCUT2D eigenvalue weighted by Gasteiger charge is -2.41. The molecule has 0 radical (unpaired) electrons. The van der Waals surface area contributed by atoms with Crippen LogP contribution in [0.1, 0.15) is 47.2 Å². The van der Waals surface area contributed by atoms with Gasteiger partial charge in [-0.1, -0.05) is 30.3 Å². The zero-order valence-corrected chi connectivity index (χ0v) is 18.1. The van der Waals surface area contributed by atoms with Crippen LogP contribution in [0.3, 0.4) is 0 Å². The van der Waals surface area contributed by atoms with Crippen molar-refractivity contribution in [2.45, 2.75) is 37.5 Å². The molecule has 0 aromatic heterocycles. The zero-order valence-electron chi connectivity index (χ0n) is 18.1. The second-order valence-electron chi connectivity index (χ2n) is 9.64. The number of hydrogen-bond acceptors (Lipinski definition) is 3. The molecule has 1 amide bonds. The van der Waals surface area contributed by atoms with Crippen LogP contribution in [0.2, 0.25) is 0 Å². The molecule has 2 aliphatic heterocycles. The Hall–Kier alpha value is -2.33. The summed E-state index contributed by atoms with van der Waals surface area (Å²) in [6.07, 6.45) is 6.17. The molecule has 1 saturated carbocycles. The number of benzene rings is 2. The standard InChI is InChI=1S/C26H33N3O/c1-28-18-26(13-5-15-29(19-26)17-21-8-9-21)23-16-22(10-11-24(23)28)25(30)27-14-12-20-6-3-2-4-7-20/h2-4,6-7,10-11,16,21H,5,8-9,12-15,17-19H2,1H3,(H,27,30). The summed E-state index contributed by atoms with van der Waals surface area (Å²) in [5.41, 5.74) is 4.93. The fraction of sp³-hybridized carbons (Fsp3) is 0.500. The highest BCUT2D eigenvalue weighted by Crippen LogP contribution is 2.46. The van der Waals surface area contributed by atoms with Gasteiger partial charge >= 0.3 is 0 Å². The Balaban J connectivity index is 1.30. The van der Waals surface area contributed by atoms with E-state index in [4.69, 9.17) is 0 Å². The third-order valence-corrected chi connectivity index (χ3v) is 7.19. The highest BCUT2D eigenvalue weighted by Gasteiger charge is 2.45. The van der Waals surface area contributed by atoms with E-state index in [-0.39, 0.29) is 11.3 Å². The SMILES string of the molecule is CN1CC2(CCCN(CC3CC3)C2)c2cc(C(=O)NCCc3ccccc3)ccc21. The van der Waals surface area contributed by atoms with Crippen LogP contribution < -0.4 is 10.2 Å². The summed E-state index contributed by atoms with van der Waals surface area (Å²) in [6, 6.07) is 16.7. The maximum absolute atomic E-state index is 12.9. The third kappa shape index (κ3) is 3.98. The molecule has 2 fully saturated rings. The number of anilines is 1. The van der Waals surface area contributed by atoms with Gasteiger partial charge in [-0.15, -0.1) is 0 Å². The number of likely N-dealkylation sites (N-methyl/N-ethyl adjacent to an activating group) is 1. The summed E-state index contributed by atoms with van der Waals surface area (Å²) in [5.74, 6) is 0.976. The smallest absolute Gasteiger partial charge is 0.251 e. The van der Waals surface area contributed by atoms with Gasteiger partial charge in [0.1, 0.15) is 0 Å². The number of carbonyl (C=O) groups is 1. The van der Waals surface area contributed by atoms with Gasteiger partial charge < -0.3 is 15.1 Å². The minimum Gasteiger partial charge on any atom is -0.373 e. The Labute approximate surface area is 180 Å². The van der Waals surface area contributed by atoms with E-state index in [9.17, 15) is 4.79 Å². The van der Waals surface area contributed by atoms with Crippen LogP contribution in [0.5, 0.6) is 0 Å². The van der Waals surface area contributed by atoms with E-state index < -0.39 is 0 Å². The van der Waals surface area contributed by atoms with Crippen LogP contribution in [0.15, 0.2) is 48.5 Å². The van der Waals surface area contributed by atoms with Gasteiger partial charge in [-0.3, -0.25) is 4.79 Å². The van der Waals surface area contributed by atoms with Crippen molar-refractivity contribution in [3.05, 3.63) is 65.2 Å². The van der Waals surface area contributed by atoms with E-state index in [0.717, 1.165) is 31.0 Å². The summed E-state index contributed by atoms with van der Waals surface area (Å²) < 4.78 is 0. The van der Waals surface area contributed by atoms with Crippen molar-refractivity contribution in [1.29, 1.82) is 0 Å². The summed E-state index contributed by atoms with van der Waals surface area (Å²) in [4.78, 5) is 18.0. The van der Waals surface area contributed by atoms with Crippen LogP contribution in [0, 0.1) is 5.92 Å². The van der Waals surface area contributed by atoms with Gasteiger partial charge in [0.05, 0.1) is 0 Å². The first kappa shape index (κ1) is 19.6. The molecular weight excluding hydrogens is 370 g/mol. The molecule has 1 aliphatic carbocycles. The van der Waals surface area contributed by atoms with Crippen LogP contribution in [-0.2, 0) is 11.8 Å². The second-order valence-corrected chi connectivity index (χ2v) is 9.64. The van der Waals surface area contributed by atoms with Gasteiger partial charge in [-0.2, -0.15) is 0 Å². The Morgan fingerprint density at radius 2 is 1.97 bits per heavy atom. The number of carbonyl (C=O) groups excluding carboxylic acids is 1.